The summed E-state index contributed by atoms with van der Waals surface area (Å²) in [6.45, 7) is 3.56. The summed E-state index contributed by atoms with van der Waals surface area (Å²) in [6.07, 6.45) is 1.46. The molecule has 0 aromatic heterocycles. The van der Waals surface area contributed by atoms with Crippen molar-refractivity contribution in [2.45, 2.75) is 0 Å². The summed E-state index contributed by atoms with van der Waals surface area (Å²) >= 11 is 0. The Morgan fingerprint density at radius 2 is 1.67 bits per heavy atom. The number of rotatable bonds is 6. The maximum absolute atomic E-state index is 11.2. The van der Waals surface area contributed by atoms with Gasteiger partial charge in [-0.05, 0) is 12.1 Å². The van der Waals surface area contributed by atoms with E-state index in [9.17, 15) is 9.59 Å². The van der Waals surface area contributed by atoms with Gasteiger partial charge in [-0.3, -0.25) is 19.4 Å². The monoisotopic (exact) mass is 246 g/mol. The van der Waals surface area contributed by atoms with Crippen LogP contribution < -0.4 is 25.4 Å². The van der Waals surface area contributed by atoms with Crippen molar-refractivity contribution in [3.05, 3.63) is 63.4 Å². The normalized spacial score (nSPS) is 10.0. The van der Waals surface area contributed by atoms with Crippen molar-refractivity contribution in [2.75, 3.05) is 6.61 Å². The van der Waals surface area contributed by atoms with Crippen molar-refractivity contribution in [3.8, 4) is 17.2 Å². The molecule has 18 heavy (non-hydrogen) atoms. The lowest BCUT2D eigenvalue weighted by molar-refractivity contribution is -0.104. The quantitative estimate of drug-likeness (QED) is 0.332. The van der Waals surface area contributed by atoms with Crippen LogP contribution in [0.15, 0.2) is 52.6 Å². The van der Waals surface area contributed by atoms with Crippen molar-refractivity contribution in [3.63, 3.8) is 0 Å². The minimum atomic E-state index is -0.759. The molecular formula is C13H10O5. The van der Waals surface area contributed by atoms with Crippen LogP contribution >= 0.6 is 0 Å². The molecule has 5 nitrogen and oxygen atoms in total. The Hall–Kier alpha value is -2.56. The third-order valence-corrected chi connectivity index (χ3v) is 2.13. The largest absolute Gasteiger partial charge is 0.482 e. The number of benzene rings is 1. The van der Waals surface area contributed by atoms with Gasteiger partial charge in [-0.1, -0.05) is 30.9 Å². The Kier molecular flexibility index (Phi) is 3.43. The van der Waals surface area contributed by atoms with Gasteiger partial charge in [-0.15, -0.1) is 0 Å². The molecular weight excluding hydrogens is 236 g/mol. The first kappa shape index (κ1) is 11.9. The fourth-order valence-electron chi connectivity index (χ4n) is 1.26. The molecule has 5 heteroatoms. The second-order valence-electron chi connectivity index (χ2n) is 3.40. The average molecular weight is 246 g/mol. The van der Waals surface area contributed by atoms with Crippen LogP contribution in [-0.2, 0) is 0 Å². The van der Waals surface area contributed by atoms with Crippen molar-refractivity contribution >= 4 is 0 Å². The second kappa shape index (κ2) is 5.18. The molecule has 0 unspecified atom stereocenters. The first-order valence-corrected chi connectivity index (χ1v) is 5.20. The zero-order valence-corrected chi connectivity index (χ0v) is 9.42. The van der Waals surface area contributed by atoms with Crippen LogP contribution in [0.3, 0.4) is 0 Å². The van der Waals surface area contributed by atoms with Crippen molar-refractivity contribution in [1.82, 2.24) is 0 Å². The van der Waals surface area contributed by atoms with Crippen LogP contribution in [0.5, 0.6) is 17.2 Å². The molecule has 2 aromatic rings. The summed E-state index contributed by atoms with van der Waals surface area (Å²) in [6, 6.07) is 8.60. The van der Waals surface area contributed by atoms with Gasteiger partial charge < -0.3 is 4.74 Å². The van der Waals surface area contributed by atoms with E-state index in [0.717, 1.165) is 0 Å². The van der Waals surface area contributed by atoms with E-state index in [1.807, 2.05) is 6.07 Å². The molecule has 0 aliphatic carbocycles. The summed E-state index contributed by atoms with van der Waals surface area (Å²) in [5.41, 5.74) is -1.48. The molecule has 0 spiro atoms. The molecule has 2 rings (SSSR count). The predicted molar refractivity (Wildman–Crippen MR) is 64.7 cm³/mol. The van der Waals surface area contributed by atoms with E-state index in [2.05, 4.69) is 6.58 Å². The summed E-state index contributed by atoms with van der Waals surface area (Å²) in [4.78, 5) is 32.1. The predicted octanol–water partition coefficient (Wildman–Crippen LogP) is 1.22. The molecule has 0 aliphatic rings. The van der Waals surface area contributed by atoms with Crippen LogP contribution in [-0.4, -0.2) is 6.61 Å². The van der Waals surface area contributed by atoms with Crippen molar-refractivity contribution in [2.24, 2.45) is 0 Å². The minimum Gasteiger partial charge on any atom is -0.482 e. The topological polar surface area (TPSA) is 61.8 Å². The molecule has 0 saturated heterocycles. The van der Waals surface area contributed by atoms with Gasteiger partial charge >= 0.3 is 0 Å². The molecule has 0 bridgehead atoms. The lowest BCUT2D eigenvalue weighted by Crippen LogP contribution is -2.34. The highest BCUT2D eigenvalue weighted by Gasteiger charge is 2.26. The number of ether oxygens (including phenoxy) is 1. The van der Waals surface area contributed by atoms with Gasteiger partial charge in [-0.2, -0.15) is 0 Å². The van der Waals surface area contributed by atoms with E-state index in [1.54, 1.807) is 24.3 Å². The lowest BCUT2D eigenvalue weighted by atomic mass is 10.2. The summed E-state index contributed by atoms with van der Waals surface area (Å²) in [5, 5.41) is 0. The molecule has 0 heterocycles. The highest BCUT2D eigenvalue weighted by atomic mass is 17.2. The fourth-order valence-corrected chi connectivity index (χ4v) is 1.26. The van der Waals surface area contributed by atoms with E-state index >= 15 is 0 Å². The lowest BCUT2D eigenvalue weighted by Gasteiger charge is -2.10. The third-order valence-electron chi connectivity index (χ3n) is 2.13. The zero-order valence-electron chi connectivity index (χ0n) is 9.42. The van der Waals surface area contributed by atoms with E-state index < -0.39 is 10.9 Å². The number of hydrogen-bond acceptors (Lipinski definition) is 5. The van der Waals surface area contributed by atoms with Gasteiger partial charge in [0.1, 0.15) is 6.61 Å². The first-order valence-electron chi connectivity index (χ1n) is 5.20. The Morgan fingerprint density at radius 1 is 1.00 bits per heavy atom. The smallest absolute Gasteiger partial charge is 0.280 e. The van der Waals surface area contributed by atoms with E-state index in [1.165, 1.54) is 6.08 Å². The molecule has 0 saturated carbocycles. The Bertz CT molecular complexity index is 608. The minimum absolute atomic E-state index is 0.118. The van der Waals surface area contributed by atoms with Crippen molar-refractivity contribution < 1.29 is 14.5 Å². The highest BCUT2D eigenvalue weighted by molar-refractivity contribution is 5.45. The average Bonchev–Trinajstić information content (AvgIpc) is 2.42. The molecule has 0 aliphatic heterocycles. The summed E-state index contributed by atoms with van der Waals surface area (Å²) in [5.74, 6) is 0.0711. The fraction of sp³-hybridized carbons (Fsp3) is 0.0769. The van der Waals surface area contributed by atoms with Crippen LogP contribution in [0, 0.1) is 0 Å². The SMILES string of the molecule is C=CCOc1c(OOc2ccccc2)c(=O)c1=O. The maximum atomic E-state index is 11.2. The number of hydrogen-bond donors (Lipinski definition) is 0. The zero-order chi connectivity index (χ0) is 13.0. The molecule has 0 fully saturated rings. The molecule has 0 N–H and O–H groups in total. The summed E-state index contributed by atoms with van der Waals surface area (Å²) in [7, 11) is 0. The first-order chi connectivity index (χ1) is 8.74. The highest BCUT2D eigenvalue weighted by Crippen LogP contribution is 2.21. The van der Waals surface area contributed by atoms with E-state index in [4.69, 9.17) is 14.5 Å². The van der Waals surface area contributed by atoms with E-state index in [-0.39, 0.29) is 18.1 Å². The Labute approximate surface area is 102 Å². The molecule has 0 atom stereocenters. The molecule has 92 valence electrons. The molecule has 2 aromatic carbocycles. The second-order valence-corrected chi connectivity index (χ2v) is 3.40. The van der Waals surface area contributed by atoms with Gasteiger partial charge in [0.05, 0.1) is 0 Å². The summed E-state index contributed by atoms with van der Waals surface area (Å²) < 4.78 is 5.00. The van der Waals surface area contributed by atoms with Gasteiger partial charge in [0.2, 0.25) is 5.75 Å². The van der Waals surface area contributed by atoms with Crippen molar-refractivity contribution in [1.29, 1.82) is 0 Å². The van der Waals surface area contributed by atoms with Gasteiger partial charge in [0, 0.05) is 0 Å². The maximum Gasteiger partial charge on any atom is 0.280 e. The standard InChI is InChI=1S/C13H10O5/c1-2-8-16-12-10(14)11(15)13(12)18-17-9-6-4-3-5-7-9/h2-7H,1,8H2. The molecule has 0 amide bonds. The van der Waals surface area contributed by atoms with Gasteiger partial charge in [-0.25, -0.2) is 0 Å². The van der Waals surface area contributed by atoms with Gasteiger partial charge in [0.25, 0.3) is 16.6 Å². The van der Waals surface area contributed by atoms with Crippen LogP contribution in [0.2, 0.25) is 0 Å². The van der Waals surface area contributed by atoms with E-state index in [0.29, 0.717) is 5.75 Å². The molecule has 0 radical (unpaired) electrons. The Morgan fingerprint density at radius 3 is 2.33 bits per heavy atom. The Balaban J connectivity index is 2.06. The van der Waals surface area contributed by atoms with Gasteiger partial charge in [0.15, 0.2) is 5.75 Å². The number of para-hydroxylation sites is 1. The third kappa shape index (κ3) is 2.24. The van der Waals surface area contributed by atoms with Crippen LogP contribution in [0.1, 0.15) is 0 Å². The van der Waals surface area contributed by atoms with Crippen LogP contribution in [0.4, 0.5) is 0 Å². The van der Waals surface area contributed by atoms with Crippen LogP contribution in [0.25, 0.3) is 0 Å².